The van der Waals surface area contributed by atoms with Crippen molar-refractivity contribution in [1.82, 2.24) is 15.1 Å². The van der Waals surface area contributed by atoms with Crippen LogP contribution in [0.2, 0.25) is 0 Å². The minimum Gasteiger partial charge on any atom is -0.497 e. The molecular formula is C21H32N4O3. The first-order valence-corrected chi connectivity index (χ1v) is 9.98. The third kappa shape index (κ3) is 4.77. The molecule has 1 aromatic rings. The first-order chi connectivity index (χ1) is 13.7. The van der Waals surface area contributed by atoms with Crippen molar-refractivity contribution in [2.24, 2.45) is 4.99 Å². The Morgan fingerprint density at radius 3 is 2.75 bits per heavy atom. The smallest absolute Gasteiger partial charge is 0.194 e. The summed E-state index contributed by atoms with van der Waals surface area (Å²) in [6.07, 6.45) is 4.85. The van der Waals surface area contributed by atoms with Crippen molar-refractivity contribution in [3.8, 4) is 11.5 Å². The fraction of sp³-hybridized carbons (Fsp3) is 0.571. The number of aliphatic hydroxyl groups excluding tert-OH is 1. The molecule has 2 atom stereocenters. The van der Waals surface area contributed by atoms with E-state index in [9.17, 15) is 5.11 Å². The number of ether oxygens (including phenoxy) is 2. The third-order valence-electron chi connectivity index (χ3n) is 5.37. The van der Waals surface area contributed by atoms with Gasteiger partial charge in [-0.1, -0.05) is 12.2 Å². The van der Waals surface area contributed by atoms with E-state index in [4.69, 9.17) is 14.5 Å². The molecule has 7 heteroatoms. The molecule has 3 rings (SSSR count). The molecule has 7 nitrogen and oxygen atoms in total. The Hall–Kier alpha value is -2.25. The molecule has 0 bridgehead atoms. The van der Waals surface area contributed by atoms with Crippen LogP contribution in [0, 0.1) is 0 Å². The summed E-state index contributed by atoms with van der Waals surface area (Å²) >= 11 is 0. The van der Waals surface area contributed by atoms with Crippen LogP contribution in [0.15, 0.2) is 35.3 Å². The second-order valence-electron chi connectivity index (χ2n) is 7.13. The summed E-state index contributed by atoms with van der Waals surface area (Å²) in [5, 5.41) is 14.1. The summed E-state index contributed by atoms with van der Waals surface area (Å²) in [6.45, 7) is 7.15. The molecule has 1 aromatic carbocycles. The zero-order valence-corrected chi connectivity index (χ0v) is 17.1. The van der Waals surface area contributed by atoms with Gasteiger partial charge in [0, 0.05) is 44.3 Å². The van der Waals surface area contributed by atoms with Gasteiger partial charge in [0.15, 0.2) is 5.96 Å². The van der Waals surface area contributed by atoms with Gasteiger partial charge in [0.2, 0.25) is 0 Å². The topological polar surface area (TPSA) is 69.6 Å². The highest BCUT2D eigenvalue weighted by Crippen LogP contribution is 2.29. The number of likely N-dealkylation sites (tertiary alicyclic amines) is 1. The van der Waals surface area contributed by atoms with Crippen LogP contribution < -0.4 is 14.8 Å². The fourth-order valence-corrected chi connectivity index (χ4v) is 3.82. The molecule has 2 aliphatic heterocycles. The summed E-state index contributed by atoms with van der Waals surface area (Å²) in [4.78, 5) is 9.51. The van der Waals surface area contributed by atoms with E-state index >= 15 is 0 Å². The number of methoxy groups -OCH3 is 2. The van der Waals surface area contributed by atoms with Gasteiger partial charge in [-0.2, -0.15) is 0 Å². The van der Waals surface area contributed by atoms with E-state index in [-0.39, 0.29) is 6.54 Å². The number of guanidine groups is 1. The summed E-state index contributed by atoms with van der Waals surface area (Å²) < 4.78 is 10.7. The van der Waals surface area contributed by atoms with E-state index in [1.165, 1.54) is 0 Å². The first kappa shape index (κ1) is 20.5. The van der Waals surface area contributed by atoms with Crippen molar-refractivity contribution < 1.29 is 14.6 Å². The van der Waals surface area contributed by atoms with Gasteiger partial charge in [0.25, 0.3) is 0 Å². The summed E-state index contributed by atoms with van der Waals surface area (Å²) in [5.74, 6) is 2.18. The van der Waals surface area contributed by atoms with Gasteiger partial charge in [-0.05, 0) is 31.5 Å². The van der Waals surface area contributed by atoms with Gasteiger partial charge >= 0.3 is 0 Å². The summed E-state index contributed by atoms with van der Waals surface area (Å²) in [7, 11) is 3.21. The van der Waals surface area contributed by atoms with Crippen LogP contribution in [-0.4, -0.2) is 80.4 Å². The lowest BCUT2D eigenvalue weighted by Crippen LogP contribution is -2.43. The number of rotatable bonds is 7. The fourth-order valence-electron chi connectivity index (χ4n) is 3.82. The minimum atomic E-state index is -0.764. The van der Waals surface area contributed by atoms with Gasteiger partial charge in [0.05, 0.1) is 20.8 Å². The molecule has 0 radical (unpaired) electrons. The van der Waals surface area contributed by atoms with Crippen LogP contribution >= 0.6 is 0 Å². The van der Waals surface area contributed by atoms with Crippen molar-refractivity contribution in [2.45, 2.75) is 25.5 Å². The molecule has 0 amide bonds. The number of nitrogens with zero attached hydrogens (tertiary/aromatic N) is 3. The standard InChI is InChI=1S/C21H32N4O3/c1-4-22-21(25-12-9-16(15-25)24-10-5-6-11-24)23-14-19(26)18-13-17(27-2)7-8-20(18)28-3/h5-8,13,16,19,26H,4,9-12,14-15H2,1-3H3,(H,22,23). The molecule has 1 fully saturated rings. The number of benzene rings is 1. The second-order valence-corrected chi connectivity index (χ2v) is 7.13. The number of aliphatic hydroxyl groups is 1. The molecule has 2 aliphatic rings. The molecule has 2 N–H and O–H groups in total. The maximum Gasteiger partial charge on any atom is 0.194 e. The van der Waals surface area contributed by atoms with Crippen molar-refractivity contribution in [3.05, 3.63) is 35.9 Å². The lowest BCUT2D eigenvalue weighted by Gasteiger charge is -2.25. The Bertz CT molecular complexity index is 699. The van der Waals surface area contributed by atoms with E-state index in [0.29, 0.717) is 23.1 Å². The van der Waals surface area contributed by atoms with E-state index in [1.807, 2.05) is 6.07 Å². The van der Waals surface area contributed by atoms with Crippen molar-refractivity contribution in [3.63, 3.8) is 0 Å². The first-order valence-electron chi connectivity index (χ1n) is 9.98. The monoisotopic (exact) mass is 388 g/mol. The number of nitrogens with one attached hydrogen (secondary N) is 1. The maximum absolute atomic E-state index is 10.7. The number of aliphatic imine (C=N–C) groups is 1. The van der Waals surface area contributed by atoms with Gasteiger partial charge < -0.3 is 24.8 Å². The Morgan fingerprint density at radius 2 is 2.07 bits per heavy atom. The van der Waals surface area contributed by atoms with Crippen molar-refractivity contribution in [1.29, 1.82) is 0 Å². The normalized spacial score (nSPS) is 21.2. The van der Waals surface area contributed by atoms with Gasteiger partial charge in [-0.15, -0.1) is 0 Å². The Labute approximate surface area is 167 Å². The average molecular weight is 389 g/mol. The maximum atomic E-state index is 10.7. The largest absolute Gasteiger partial charge is 0.497 e. The lowest BCUT2D eigenvalue weighted by molar-refractivity contribution is 0.181. The molecule has 0 aliphatic carbocycles. The van der Waals surface area contributed by atoms with Gasteiger partial charge in [-0.3, -0.25) is 9.89 Å². The Kier molecular flexibility index (Phi) is 7.17. The van der Waals surface area contributed by atoms with Crippen LogP contribution in [-0.2, 0) is 0 Å². The highest BCUT2D eigenvalue weighted by Gasteiger charge is 2.29. The predicted octanol–water partition coefficient (Wildman–Crippen LogP) is 1.65. The van der Waals surface area contributed by atoms with E-state index in [2.05, 4.69) is 34.2 Å². The zero-order chi connectivity index (χ0) is 19.9. The molecule has 28 heavy (non-hydrogen) atoms. The quantitative estimate of drug-likeness (QED) is 0.421. The SMILES string of the molecule is CCNC(=NCC(O)c1cc(OC)ccc1OC)N1CCC(N2CC=CC2)C1. The van der Waals surface area contributed by atoms with Crippen LogP contribution in [0.1, 0.15) is 25.0 Å². The van der Waals surface area contributed by atoms with Crippen LogP contribution in [0.3, 0.4) is 0 Å². The van der Waals surface area contributed by atoms with Crippen LogP contribution in [0.25, 0.3) is 0 Å². The van der Waals surface area contributed by atoms with Crippen LogP contribution in [0.5, 0.6) is 11.5 Å². The average Bonchev–Trinajstić information content (AvgIpc) is 3.42. The van der Waals surface area contributed by atoms with Crippen LogP contribution in [0.4, 0.5) is 0 Å². The Balaban J connectivity index is 1.67. The highest BCUT2D eigenvalue weighted by atomic mass is 16.5. The van der Waals surface area contributed by atoms with Gasteiger partial charge in [0.1, 0.15) is 17.6 Å². The molecule has 0 saturated carbocycles. The highest BCUT2D eigenvalue weighted by molar-refractivity contribution is 5.80. The third-order valence-corrected chi connectivity index (χ3v) is 5.37. The van der Waals surface area contributed by atoms with Crippen molar-refractivity contribution >= 4 is 5.96 Å². The minimum absolute atomic E-state index is 0.262. The van der Waals surface area contributed by atoms with E-state index < -0.39 is 6.10 Å². The van der Waals surface area contributed by atoms with E-state index in [1.54, 1.807) is 26.4 Å². The zero-order valence-electron chi connectivity index (χ0n) is 17.1. The summed E-state index contributed by atoms with van der Waals surface area (Å²) in [5.41, 5.74) is 0.684. The Morgan fingerprint density at radius 1 is 1.29 bits per heavy atom. The van der Waals surface area contributed by atoms with Crippen molar-refractivity contribution in [2.75, 3.05) is 53.5 Å². The lowest BCUT2D eigenvalue weighted by atomic mass is 10.1. The predicted molar refractivity (Wildman–Crippen MR) is 111 cm³/mol. The summed E-state index contributed by atoms with van der Waals surface area (Å²) in [6, 6.07) is 5.99. The van der Waals surface area contributed by atoms with Gasteiger partial charge in [-0.25, -0.2) is 0 Å². The molecule has 2 unspecified atom stereocenters. The molecule has 0 aromatic heterocycles. The van der Waals surface area contributed by atoms with E-state index in [0.717, 1.165) is 45.1 Å². The second kappa shape index (κ2) is 9.80. The molecule has 2 heterocycles. The molecular weight excluding hydrogens is 356 g/mol. The molecule has 154 valence electrons. The number of hydrogen-bond acceptors (Lipinski definition) is 5. The molecule has 1 saturated heterocycles. The number of hydrogen-bond donors (Lipinski definition) is 2. The molecule has 0 spiro atoms.